The lowest BCUT2D eigenvalue weighted by Gasteiger charge is -2.30. The summed E-state index contributed by atoms with van der Waals surface area (Å²) >= 11 is 0. The number of aromatic nitrogens is 3. The van der Waals surface area contributed by atoms with Crippen molar-refractivity contribution in [2.24, 2.45) is 5.92 Å². The van der Waals surface area contributed by atoms with Gasteiger partial charge in [0.2, 0.25) is 0 Å². The van der Waals surface area contributed by atoms with Crippen LogP contribution in [0.1, 0.15) is 31.2 Å². The summed E-state index contributed by atoms with van der Waals surface area (Å²) in [6.07, 6.45) is 7.87. The van der Waals surface area contributed by atoms with Gasteiger partial charge >= 0.3 is 6.03 Å². The number of hydrogen-bond donors (Lipinski definition) is 2. The van der Waals surface area contributed by atoms with Gasteiger partial charge in [0.05, 0.1) is 11.8 Å². The van der Waals surface area contributed by atoms with Gasteiger partial charge in [-0.25, -0.2) is 14.5 Å². The van der Waals surface area contributed by atoms with Gasteiger partial charge in [-0.2, -0.15) is 5.10 Å². The van der Waals surface area contributed by atoms with E-state index in [1.54, 1.807) is 11.0 Å². The molecule has 2 heterocycles. The van der Waals surface area contributed by atoms with E-state index >= 15 is 0 Å². The highest BCUT2D eigenvalue weighted by Gasteiger charge is 2.36. The van der Waals surface area contributed by atoms with Gasteiger partial charge in [-0.05, 0) is 49.3 Å². The molecule has 2 aromatic rings. The second-order valence-electron chi connectivity index (χ2n) is 6.80. The molecule has 0 bridgehead atoms. The topological polar surface area (TPSA) is 81.1 Å². The Labute approximate surface area is 146 Å². The molecule has 7 nitrogen and oxygen atoms in total. The molecule has 1 saturated heterocycles. The molecule has 25 heavy (non-hydrogen) atoms. The minimum atomic E-state index is -0.109. The highest BCUT2D eigenvalue weighted by molar-refractivity contribution is 5.74. The van der Waals surface area contributed by atoms with E-state index in [2.05, 4.69) is 20.7 Å². The van der Waals surface area contributed by atoms with Gasteiger partial charge in [-0.3, -0.25) is 0 Å². The quantitative estimate of drug-likeness (QED) is 0.872. The van der Waals surface area contributed by atoms with Crippen molar-refractivity contribution < 1.29 is 9.53 Å². The lowest BCUT2D eigenvalue weighted by Crippen LogP contribution is -2.46. The first-order valence-corrected chi connectivity index (χ1v) is 8.88. The molecule has 1 aliphatic carbocycles. The molecule has 2 aliphatic rings. The van der Waals surface area contributed by atoms with Gasteiger partial charge in [0.15, 0.2) is 0 Å². The summed E-state index contributed by atoms with van der Waals surface area (Å²) in [5.74, 6) is 0.719. The van der Waals surface area contributed by atoms with Crippen LogP contribution in [0.15, 0.2) is 36.9 Å². The summed E-state index contributed by atoms with van der Waals surface area (Å²) in [6, 6.07) is 7.99. The van der Waals surface area contributed by atoms with E-state index in [1.807, 2.05) is 24.3 Å². The number of carbonyl (C=O) groups excluding carboxylic acids is 1. The Hall–Kier alpha value is -2.41. The molecule has 2 amide bonds. The molecule has 7 heteroatoms. The maximum Gasteiger partial charge on any atom is 0.315 e. The Morgan fingerprint density at radius 3 is 2.80 bits per heavy atom. The van der Waals surface area contributed by atoms with Gasteiger partial charge in [0.1, 0.15) is 12.7 Å². The second kappa shape index (κ2) is 7.23. The van der Waals surface area contributed by atoms with E-state index in [9.17, 15) is 4.79 Å². The molecule has 1 aromatic heterocycles. The Bertz CT molecular complexity index is 697. The number of amides is 2. The average Bonchev–Trinajstić information content (AvgIpc) is 3.35. The van der Waals surface area contributed by atoms with Crippen LogP contribution in [-0.2, 0) is 11.3 Å². The number of hydrogen-bond acceptors (Lipinski definition) is 4. The lowest BCUT2D eigenvalue weighted by atomic mass is 10.0. The molecule has 1 saturated carbocycles. The normalized spacial score (nSPS) is 23.2. The Morgan fingerprint density at radius 1 is 1.24 bits per heavy atom. The molecule has 0 spiro atoms. The van der Waals surface area contributed by atoms with Crippen LogP contribution in [0.3, 0.4) is 0 Å². The molecular weight excluding hydrogens is 318 g/mol. The van der Waals surface area contributed by atoms with Gasteiger partial charge in [0.25, 0.3) is 0 Å². The standard InChI is InChI=1S/C18H23N5O2/c24-18(22-15-7-8-25-17(9-15)14-3-4-14)20-10-13-1-5-16(6-2-13)23-12-19-11-21-23/h1-2,5-6,11-12,14-15,17H,3-4,7-10H2,(H2,20,22,24)/t15-,17-/m0/s1. The van der Waals surface area contributed by atoms with Gasteiger partial charge in [0, 0.05) is 19.2 Å². The molecule has 2 atom stereocenters. The van der Waals surface area contributed by atoms with Crippen molar-refractivity contribution in [3.8, 4) is 5.69 Å². The highest BCUT2D eigenvalue weighted by Crippen LogP contribution is 2.38. The number of ether oxygens (including phenoxy) is 1. The van der Waals surface area contributed by atoms with E-state index in [0.29, 0.717) is 12.6 Å². The van der Waals surface area contributed by atoms with E-state index in [0.717, 1.165) is 36.6 Å². The SMILES string of the molecule is O=C(NCc1ccc(-n2cncn2)cc1)N[C@H]1CCO[C@H](C2CC2)C1. The number of urea groups is 1. The number of nitrogens with one attached hydrogen (secondary N) is 2. The molecule has 0 radical (unpaired) electrons. The van der Waals surface area contributed by atoms with Crippen LogP contribution in [0.2, 0.25) is 0 Å². The summed E-state index contributed by atoms with van der Waals surface area (Å²) in [7, 11) is 0. The lowest BCUT2D eigenvalue weighted by molar-refractivity contribution is -0.00914. The zero-order valence-corrected chi connectivity index (χ0v) is 14.1. The molecule has 2 fully saturated rings. The van der Waals surface area contributed by atoms with Crippen molar-refractivity contribution in [2.75, 3.05) is 6.61 Å². The molecule has 1 aliphatic heterocycles. The molecule has 2 N–H and O–H groups in total. The van der Waals surface area contributed by atoms with E-state index in [1.165, 1.54) is 19.2 Å². The molecule has 4 rings (SSSR count). The van der Waals surface area contributed by atoms with Crippen molar-refractivity contribution in [1.29, 1.82) is 0 Å². The van der Waals surface area contributed by atoms with Crippen LogP contribution >= 0.6 is 0 Å². The third kappa shape index (κ3) is 4.17. The van der Waals surface area contributed by atoms with Gasteiger partial charge in [-0.15, -0.1) is 0 Å². The second-order valence-corrected chi connectivity index (χ2v) is 6.80. The number of nitrogens with zero attached hydrogens (tertiary/aromatic N) is 3. The van der Waals surface area contributed by atoms with Crippen molar-refractivity contribution in [2.45, 2.75) is 44.4 Å². The van der Waals surface area contributed by atoms with Crippen molar-refractivity contribution in [3.05, 3.63) is 42.5 Å². The minimum Gasteiger partial charge on any atom is -0.378 e. The summed E-state index contributed by atoms with van der Waals surface area (Å²) in [5.41, 5.74) is 1.99. The Morgan fingerprint density at radius 2 is 2.08 bits per heavy atom. The van der Waals surface area contributed by atoms with Crippen LogP contribution in [-0.4, -0.2) is 39.5 Å². The number of rotatable bonds is 5. The van der Waals surface area contributed by atoms with E-state index < -0.39 is 0 Å². The van der Waals surface area contributed by atoms with Crippen molar-refractivity contribution in [3.63, 3.8) is 0 Å². The van der Waals surface area contributed by atoms with Crippen molar-refractivity contribution in [1.82, 2.24) is 25.4 Å². The highest BCUT2D eigenvalue weighted by atomic mass is 16.5. The summed E-state index contributed by atoms with van der Waals surface area (Å²) in [5, 5.41) is 10.1. The van der Waals surface area contributed by atoms with Crippen LogP contribution < -0.4 is 10.6 Å². The van der Waals surface area contributed by atoms with E-state index in [-0.39, 0.29) is 12.1 Å². The largest absolute Gasteiger partial charge is 0.378 e. The Kier molecular flexibility index (Phi) is 4.65. The van der Waals surface area contributed by atoms with Gasteiger partial charge in [-0.1, -0.05) is 12.1 Å². The fraction of sp³-hybridized carbons (Fsp3) is 0.500. The first-order valence-electron chi connectivity index (χ1n) is 8.88. The van der Waals surface area contributed by atoms with Crippen LogP contribution in [0.5, 0.6) is 0 Å². The fourth-order valence-electron chi connectivity index (χ4n) is 3.28. The third-order valence-electron chi connectivity index (χ3n) is 4.87. The molecule has 132 valence electrons. The predicted molar refractivity (Wildman–Crippen MR) is 92.2 cm³/mol. The number of carbonyl (C=O) groups is 1. The first kappa shape index (κ1) is 16.1. The zero-order chi connectivity index (χ0) is 17.1. The maximum atomic E-state index is 12.1. The average molecular weight is 341 g/mol. The number of benzene rings is 1. The minimum absolute atomic E-state index is 0.109. The van der Waals surface area contributed by atoms with Crippen LogP contribution in [0.25, 0.3) is 5.69 Å². The molecule has 1 aromatic carbocycles. The predicted octanol–water partition coefficient (Wildman–Crippen LogP) is 2.02. The smallest absolute Gasteiger partial charge is 0.315 e. The Balaban J connectivity index is 1.24. The zero-order valence-electron chi connectivity index (χ0n) is 14.1. The maximum absolute atomic E-state index is 12.1. The fourth-order valence-corrected chi connectivity index (χ4v) is 3.28. The third-order valence-corrected chi connectivity index (χ3v) is 4.87. The van der Waals surface area contributed by atoms with Crippen LogP contribution in [0, 0.1) is 5.92 Å². The molecule has 0 unspecified atom stereocenters. The monoisotopic (exact) mass is 341 g/mol. The van der Waals surface area contributed by atoms with Crippen molar-refractivity contribution >= 4 is 6.03 Å². The molecular formula is C18H23N5O2. The van der Waals surface area contributed by atoms with Gasteiger partial charge < -0.3 is 15.4 Å². The summed E-state index contributed by atoms with van der Waals surface area (Å²) in [6.45, 7) is 1.24. The summed E-state index contributed by atoms with van der Waals surface area (Å²) in [4.78, 5) is 16.1. The first-order chi connectivity index (χ1) is 12.3. The van der Waals surface area contributed by atoms with E-state index in [4.69, 9.17) is 4.74 Å². The summed E-state index contributed by atoms with van der Waals surface area (Å²) < 4.78 is 7.50. The van der Waals surface area contributed by atoms with Crippen LogP contribution in [0.4, 0.5) is 4.79 Å².